The molecule has 0 unspecified atom stereocenters. The summed E-state index contributed by atoms with van der Waals surface area (Å²) in [5.74, 6) is -6.21. The summed E-state index contributed by atoms with van der Waals surface area (Å²) in [5, 5.41) is 95.1. The van der Waals surface area contributed by atoms with E-state index >= 15 is 0 Å². The van der Waals surface area contributed by atoms with Crippen molar-refractivity contribution in [3.8, 4) is 6.07 Å². The fraction of sp³-hybridized carbons (Fsp3) is 0.687. The van der Waals surface area contributed by atoms with E-state index in [-0.39, 0.29) is 149 Å². The largest absolute Gasteiger partial charge is 0.619 e. The quantitative estimate of drug-likeness (QED) is 0.0281. The number of nitrogens with zero attached hydrogens (tertiary/aromatic N) is 4. The van der Waals surface area contributed by atoms with Gasteiger partial charge in [0.1, 0.15) is 54.4 Å². The summed E-state index contributed by atoms with van der Waals surface area (Å²) in [6, 6.07) is -0.458. The second-order valence-corrected chi connectivity index (χ2v) is 38.6. The van der Waals surface area contributed by atoms with Crippen LogP contribution in [-0.4, -0.2) is 219 Å². The fourth-order valence-electron chi connectivity index (χ4n) is 14.4. The zero-order chi connectivity index (χ0) is 106. The molecule has 0 aliphatic carbocycles. The van der Waals surface area contributed by atoms with E-state index in [2.05, 4.69) is 95.7 Å². The summed E-state index contributed by atoms with van der Waals surface area (Å²) in [7, 11) is 0. The Bertz CT molecular complexity index is 4340. The zero-order valence-corrected chi connectivity index (χ0v) is 87.3. The Labute approximate surface area is 823 Å². The smallest absolute Gasteiger partial charge is 0.252 e. The lowest BCUT2D eigenvalue weighted by atomic mass is 9.96. The molecular weight excluding hydrogens is 1790 g/mol. The van der Waals surface area contributed by atoms with Crippen molar-refractivity contribution in [1.82, 2.24) is 95.7 Å². The van der Waals surface area contributed by atoms with Gasteiger partial charge < -0.3 is 111 Å². The van der Waals surface area contributed by atoms with Crippen molar-refractivity contribution in [3.63, 3.8) is 0 Å². The molecule has 18 N–H and O–H groups in total. The highest BCUT2D eigenvalue weighted by Crippen LogP contribution is 2.19. The molecule has 40 nitrogen and oxygen atoms in total. The van der Waals surface area contributed by atoms with Crippen molar-refractivity contribution in [2.75, 3.05) is 39.3 Å². The molecule has 0 aliphatic rings. The molecular formula is C99H168N22O18. The molecule has 782 valence electrons. The lowest BCUT2D eigenvalue weighted by molar-refractivity contribution is -0.605. The van der Waals surface area contributed by atoms with Gasteiger partial charge in [-0.15, -0.1) is 0 Å². The van der Waals surface area contributed by atoms with Crippen molar-refractivity contribution in [2.24, 2.45) is 59.2 Å². The van der Waals surface area contributed by atoms with Crippen LogP contribution < -0.4 is 110 Å². The number of hydrogen-bond acceptors (Lipinski definition) is 22. The van der Waals surface area contributed by atoms with Gasteiger partial charge in [-0.1, -0.05) is 158 Å². The number of amides is 15. The van der Waals surface area contributed by atoms with Crippen molar-refractivity contribution < 1.29 is 86.1 Å². The molecule has 15 amide bonds. The van der Waals surface area contributed by atoms with Gasteiger partial charge in [0, 0.05) is 100 Å². The Morgan fingerprint density at radius 3 is 0.777 bits per heavy atom. The van der Waals surface area contributed by atoms with Crippen LogP contribution in [-0.2, 0) is 57.5 Å². The SMILES string of the molecule is CCNC(=O)[C@@H](NC(=O)[C@H](C)NC[C@H](CC(C)C)NC(=O)[C@H](C)NC(=O)[C@@H](NC(=O)c1cc[n+]([O-])cc1)[C@@H](C)CC)C(C)C.CCNC(=O)[C@@H](NC(=O)[C@H](C)NC[C@H](CC(C)C)NC(=O)[C@H](CCC#N)NC(=O)[C@@H](NC(=O)c1cc[n+]([O-])cc1)[C@@H](C)CC)C(C)C.CCNC(=O)[C@@H](NC(=O)[C@H](C)NC[C@H](CC(C)C)NC(=O)[C@H](CCC(C)C)NC(=O)[C@@H](NC(=O)c1cc[n+]([O-])cc1)[C@@H](C)CC)C(C)C. The number of nitriles is 1. The summed E-state index contributed by atoms with van der Waals surface area (Å²) in [6.07, 6.45) is 11.9. The molecule has 3 aromatic heterocycles. The molecule has 0 saturated carbocycles. The van der Waals surface area contributed by atoms with Gasteiger partial charge in [0.25, 0.3) is 17.7 Å². The van der Waals surface area contributed by atoms with Gasteiger partial charge in [0.05, 0.1) is 40.9 Å². The van der Waals surface area contributed by atoms with Gasteiger partial charge in [-0.3, -0.25) is 71.9 Å². The minimum absolute atomic E-state index is 0.00482. The van der Waals surface area contributed by atoms with Crippen molar-refractivity contribution in [1.29, 1.82) is 5.26 Å². The van der Waals surface area contributed by atoms with Crippen molar-refractivity contribution in [3.05, 3.63) is 106 Å². The van der Waals surface area contributed by atoms with Gasteiger partial charge >= 0.3 is 0 Å². The monoisotopic (exact) mass is 1950 g/mol. The highest BCUT2D eigenvalue weighted by Gasteiger charge is 2.38. The van der Waals surface area contributed by atoms with Gasteiger partial charge in [0.15, 0.2) is 37.2 Å². The molecule has 139 heavy (non-hydrogen) atoms. The number of hydrogen-bond donors (Lipinski definition) is 18. The predicted molar refractivity (Wildman–Crippen MR) is 532 cm³/mol. The van der Waals surface area contributed by atoms with E-state index in [0.717, 1.165) is 0 Å². The highest BCUT2D eigenvalue weighted by molar-refractivity contribution is 6.01. The number of aromatic nitrogens is 3. The second kappa shape index (κ2) is 66.0. The van der Waals surface area contributed by atoms with Crippen LogP contribution in [0.15, 0.2) is 73.6 Å². The number of likely N-dealkylation sites (N-methyl/N-ethyl adjacent to an activating group) is 3. The Morgan fingerprint density at radius 1 is 0.288 bits per heavy atom. The van der Waals surface area contributed by atoms with Gasteiger partial charge in [-0.05, 0) is 146 Å². The molecule has 0 bridgehead atoms. The maximum Gasteiger partial charge on any atom is 0.252 e. The first-order valence-electron chi connectivity index (χ1n) is 49.4. The van der Waals surface area contributed by atoms with E-state index in [9.17, 15) is 92.8 Å². The van der Waals surface area contributed by atoms with Gasteiger partial charge in [-0.2, -0.15) is 19.5 Å². The van der Waals surface area contributed by atoms with E-state index in [1.165, 1.54) is 73.6 Å². The number of rotatable bonds is 59. The predicted octanol–water partition coefficient (Wildman–Crippen LogP) is 3.97. The molecule has 0 aliphatic heterocycles. The molecule has 0 aromatic carbocycles. The van der Waals surface area contributed by atoms with Crippen LogP contribution in [0.25, 0.3) is 0 Å². The van der Waals surface area contributed by atoms with E-state index in [1.54, 1.807) is 41.5 Å². The third-order valence-corrected chi connectivity index (χ3v) is 23.4. The summed E-state index contributed by atoms with van der Waals surface area (Å²) >= 11 is 0. The molecule has 0 spiro atoms. The van der Waals surface area contributed by atoms with E-state index in [1.807, 2.05) is 151 Å². The van der Waals surface area contributed by atoms with Crippen molar-refractivity contribution >= 4 is 88.6 Å². The fourth-order valence-corrected chi connectivity index (χ4v) is 14.4. The Balaban J connectivity index is 0.00000104. The van der Waals surface area contributed by atoms with Crippen molar-refractivity contribution in [2.45, 2.75) is 342 Å². The molecule has 3 aromatic rings. The maximum absolute atomic E-state index is 13.8. The number of nitrogens with one attached hydrogen (secondary N) is 18. The number of carbonyl (C=O) groups excluding carboxylic acids is 15. The lowest BCUT2D eigenvalue weighted by Crippen LogP contribution is -2.58. The first-order valence-corrected chi connectivity index (χ1v) is 49.4. The molecule has 3 rings (SSSR count). The third-order valence-electron chi connectivity index (χ3n) is 23.4. The summed E-state index contributed by atoms with van der Waals surface area (Å²) in [4.78, 5) is 195. The minimum atomic E-state index is -1.05. The second-order valence-electron chi connectivity index (χ2n) is 38.6. The standard InChI is InChI=1S/C35H61N7O6.C33H54N8O6.C31H53N7O6/c1-11-24(9)30(41-32(44)26-15-17-42(48)18-16-26)35(47)39-28(14-13-21(3)4)33(45)38-27(19-22(5)6)20-37-25(10)31(43)40-29(23(7)8)34(46)36-12-2;1-9-22(7)28(40-30(43)24-13-16-41(47)17-14-24)33(46)38-26(12-11-15-34)31(44)37-25(18-20(3)4)19-36-23(8)29(42)39-27(21(5)6)32(45)35-10-2;1-10-20(7)26(37-29(41)23-12-14-38(44)15-13-23)31(43)34-22(9)28(40)35-24(16-18(3)4)17-33-21(8)27(39)36-25(19(5)6)30(42)32-11-2/h15-18,21-25,27-30,37H,11-14,19-20H2,1-10H3,(H,36,46)(H,38,45)(H,39,47)(H,40,43)(H,41,44);13-14,16-17,20-23,25-28,36H,9-12,18-19H2,1-8H3,(H,35,45)(H,37,44)(H,38,46)(H,39,42)(H,40,43);12-15,18-22,24-26,33H,10-11,16-17H2,1-9H3,(H,32,42)(H,34,43)(H,35,40)(H,36,39)(H,37,41)/t24-,25-,27-,28-,29-,30-;22-,23-,25-,26-,27-,28-;20-,21-,22-,24-,25-,26-/m000/s1. The first kappa shape index (κ1) is 125. The molecule has 3 heterocycles. The van der Waals surface area contributed by atoms with Crippen LogP contribution >= 0.6 is 0 Å². The van der Waals surface area contributed by atoms with Crippen LogP contribution in [0.5, 0.6) is 0 Å². The maximum atomic E-state index is 13.8. The Hall–Kier alpha value is -11.7. The minimum Gasteiger partial charge on any atom is -0.619 e. The average Bonchev–Trinajstić information content (AvgIpc) is 0.851. The summed E-state index contributed by atoms with van der Waals surface area (Å²) in [6.45, 7) is 52.7. The summed E-state index contributed by atoms with van der Waals surface area (Å²) in [5.41, 5.74) is 0.681. The molecule has 40 heteroatoms. The average molecular weight is 1950 g/mol. The number of carbonyl (C=O) groups is 15. The normalized spacial score (nSPS) is 15.1. The molecule has 0 saturated heterocycles. The van der Waals surface area contributed by atoms with Crippen LogP contribution in [0, 0.1) is 86.1 Å². The van der Waals surface area contributed by atoms with E-state index < -0.39 is 126 Å². The molecule has 18 atom stereocenters. The van der Waals surface area contributed by atoms with Crippen LogP contribution in [0.3, 0.4) is 0 Å². The topological polar surface area (TPSA) is 577 Å². The Kier molecular flexibility index (Phi) is 59.5. The lowest BCUT2D eigenvalue weighted by Gasteiger charge is -2.29. The van der Waals surface area contributed by atoms with E-state index in [0.29, 0.717) is 98.3 Å². The number of pyridine rings is 3. The Morgan fingerprint density at radius 2 is 0.540 bits per heavy atom. The van der Waals surface area contributed by atoms with Crippen LogP contribution in [0.4, 0.5) is 0 Å². The van der Waals surface area contributed by atoms with Crippen LogP contribution in [0.1, 0.15) is 282 Å². The highest BCUT2D eigenvalue weighted by atomic mass is 16.5. The van der Waals surface area contributed by atoms with Crippen LogP contribution in [0.2, 0.25) is 0 Å². The molecule has 0 radical (unpaired) electrons. The first-order chi connectivity index (χ1) is 65.2. The third kappa shape index (κ3) is 48.1. The zero-order valence-electron chi connectivity index (χ0n) is 87.3. The summed E-state index contributed by atoms with van der Waals surface area (Å²) < 4.78 is 1.67. The molecule has 0 fully saturated rings. The van der Waals surface area contributed by atoms with Gasteiger partial charge in [0.2, 0.25) is 70.9 Å². The van der Waals surface area contributed by atoms with E-state index in [4.69, 9.17) is 0 Å². The van der Waals surface area contributed by atoms with Gasteiger partial charge in [-0.25, -0.2) is 0 Å².